The average molecular weight is 577 g/mol. The molecule has 0 aliphatic carbocycles. The highest BCUT2D eigenvalue weighted by Crippen LogP contribution is 2.22. The Bertz CT molecular complexity index is 1300. The van der Waals surface area contributed by atoms with Gasteiger partial charge in [-0.1, -0.05) is 6.07 Å². The molecule has 1 fully saturated rings. The molecule has 198 valence electrons. The smallest absolute Gasteiger partial charge is 0.264 e. The number of benzene rings is 1. The van der Waals surface area contributed by atoms with E-state index in [4.69, 9.17) is 16.2 Å². The summed E-state index contributed by atoms with van der Waals surface area (Å²) in [6.07, 6.45) is 0. The number of nitrogens with two attached hydrogens (primary N) is 2. The second-order valence-electron chi connectivity index (χ2n) is 7.31. The maximum absolute atomic E-state index is 12.9. The van der Waals surface area contributed by atoms with E-state index in [1.165, 1.54) is 40.9 Å². The van der Waals surface area contributed by atoms with Gasteiger partial charge in [0.1, 0.15) is 0 Å². The summed E-state index contributed by atoms with van der Waals surface area (Å²) < 4.78 is 60.5. The van der Waals surface area contributed by atoms with Crippen molar-refractivity contribution >= 4 is 60.2 Å². The molecular weight excluding hydrogens is 549 g/mol. The molecule has 1 aromatic heterocycles. The highest BCUT2D eigenvalue weighted by Gasteiger charge is 2.28. The van der Waals surface area contributed by atoms with Crippen LogP contribution in [0.2, 0.25) is 0 Å². The van der Waals surface area contributed by atoms with E-state index >= 15 is 0 Å². The zero-order valence-electron chi connectivity index (χ0n) is 19.5. The van der Waals surface area contributed by atoms with E-state index in [-0.39, 0.29) is 34.8 Å². The van der Waals surface area contributed by atoms with E-state index < -0.39 is 20.0 Å². The van der Waals surface area contributed by atoms with Crippen molar-refractivity contribution in [3.8, 4) is 0 Å². The molecule has 1 aliphatic rings. The molecular formula is C19H28N8O5S4. The van der Waals surface area contributed by atoms with Gasteiger partial charge >= 0.3 is 0 Å². The molecule has 13 nitrogen and oxygen atoms in total. The van der Waals surface area contributed by atoms with E-state index in [0.29, 0.717) is 36.4 Å². The first-order chi connectivity index (χ1) is 17.1. The van der Waals surface area contributed by atoms with E-state index in [1.807, 2.05) is 5.38 Å². The fourth-order valence-electron chi connectivity index (χ4n) is 3.03. The molecule has 2 heterocycles. The van der Waals surface area contributed by atoms with Crippen LogP contribution in [0.5, 0.6) is 0 Å². The molecule has 0 saturated carbocycles. The number of aliphatic imine (C=N–C) groups is 2. The summed E-state index contributed by atoms with van der Waals surface area (Å²) in [6.45, 7) is 1.44. The Labute approximate surface area is 218 Å². The number of thiazole rings is 1. The number of ether oxygens (including phenoxy) is 1. The number of aromatic nitrogens is 1. The molecule has 0 atom stereocenters. The molecule has 17 heteroatoms. The van der Waals surface area contributed by atoms with Crippen LogP contribution in [0.4, 0.5) is 5.13 Å². The van der Waals surface area contributed by atoms with Crippen molar-refractivity contribution in [2.75, 3.05) is 45.6 Å². The quantitative estimate of drug-likeness (QED) is 0.168. The van der Waals surface area contributed by atoms with Crippen LogP contribution in [-0.4, -0.2) is 83.7 Å². The topological polar surface area (TPSA) is 194 Å². The van der Waals surface area contributed by atoms with E-state index in [2.05, 4.69) is 25.0 Å². The lowest BCUT2D eigenvalue weighted by atomic mass is 10.4. The molecule has 0 amide bonds. The van der Waals surface area contributed by atoms with Gasteiger partial charge in [0.15, 0.2) is 5.96 Å². The van der Waals surface area contributed by atoms with Gasteiger partial charge in [-0.15, -0.1) is 11.3 Å². The minimum absolute atomic E-state index is 0.0424. The standard InChI is InChI=1S/C19H28N8O5S4/c1-22-18(23-5-10-33-12-14-13-34-19(24-14)25-17(20)21)26-35(28,29)15-3-2-4-16(11-15)36(30,31)27-6-8-32-9-7-27/h2-4,11,13H,5-10,12H2,1H3,(H2,22,23,26)(H4,20,21,24,25). The van der Waals surface area contributed by atoms with Crippen LogP contribution >= 0.6 is 23.1 Å². The largest absolute Gasteiger partial charge is 0.379 e. The molecule has 1 aliphatic heterocycles. The Balaban J connectivity index is 1.54. The predicted octanol–water partition coefficient (Wildman–Crippen LogP) is -0.144. The number of nitrogens with zero attached hydrogens (tertiary/aromatic N) is 4. The summed E-state index contributed by atoms with van der Waals surface area (Å²) in [6, 6.07) is 5.23. The summed E-state index contributed by atoms with van der Waals surface area (Å²) in [5, 5.41) is 5.29. The molecule has 0 spiro atoms. The van der Waals surface area contributed by atoms with E-state index in [9.17, 15) is 16.8 Å². The SMILES string of the molecule is CN=C(NCCSCc1csc(N=C(N)N)n1)NS(=O)(=O)c1cccc(S(=O)(=O)N2CCOCC2)c1. The molecule has 1 aromatic carbocycles. The van der Waals surface area contributed by atoms with Gasteiger partial charge in [-0.2, -0.15) is 21.1 Å². The number of nitrogens with one attached hydrogen (secondary N) is 2. The van der Waals surface area contributed by atoms with Gasteiger partial charge in [0.05, 0.1) is 28.7 Å². The number of thioether (sulfide) groups is 1. The third kappa shape index (κ3) is 7.78. The molecule has 0 bridgehead atoms. The van der Waals surface area contributed by atoms with Crippen LogP contribution < -0.4 is 21.5 Å². The maximum atomic E-state index is 12.9. The second kappa shape index (κ2) is 12.7. The molecule has 0 unspecified atom stereocenters. The van der Waals surface area contributed by atoms with Gasteiger partial charge in [-0.3, -0.25) is 4.99 Å². The number of sulfonamides is 2. The average Bonchev–Trinajstić information content (AvgIpc) is 3.30. The summed E-state index contributed by atoms with van der Waals surface area (Å²) >= 11 is 2.92. The monoisotopic (exact) mass is 576 g/mol. The van der Waals surface area contributed by atoms with Gasteiger partial charge in [0.2, 0.25) is 21.1 Å². The number of hydrogen-bond acceptors (Lipinski definition) is 10. The van der Waals surface area contributed by atoms with Crippen LogP contribution in [0.3, 0.4) is 0 Å². The van der Waals surface area contributed by atoms with Gasteiger partial charge in [-0.25, -0.2) is 26.5 Å². The fourth-order valence-corrected chi connectivity index (χ4v) is 7.19. The van der Waals surface area contributed by atoms with Crippen molar-refractivity contribution in [3.63, 3.8) is 0 Å². The lowest BCUT2D eigenvalue weighted by molar-refractivity contribution is 0.0730. The Kier molecular flexibility index (Phi) is 9.92. The van der Waals surface area contributed by atoms with E-state index in [1.54, 1.807) is 11.8 Å². The summed E-state index contributed by atoms with van der Waals surface area (Å²) in [5.41, 5.74) is 11.5. The minimum Gasteiger partial charge on any atom is -0.379 e. The zero-order valence-corrected chi connectivity index (χ0v) is 22.7. The van der Waals surface area contributed by atoms with Crippen molar-refractivity contribution in [1.29, 1.82) is 0 Å². The molecule has 6 N–H and O–H groups in total. The van der Waals surface area contributed by atoms with E-state index in [0.717, 1.165) is 11.8 Å². The highest BCUT2D eigenvalue weighted by molar-refractivity contribution is 7.98. The minimum atomic E-state index is -4.08. The second-order valence-corrected chi connectivity index (χ2v) is 12.9. The Morgan fingerprint density at radius 3 is 2.64 bits per heavy atom. The Morgan fingerprint density at radius 1 is 1.22 bits per heavy atom. The summed E-state index contributed by atoms with van der Waals surface area (Å²) in [7, 11) is -6.47. The lowest BCUT2D eigenvalue weighted by Gasteiger charge is -2.26. The molecule has 36 heavy (non-hydrogen) atoms. The van der Waals surface area contributed by atoms with Crippen molar-refractivity contribution < 1.29 is 21.6 Å². The number of rotatable bonds is 10. The number of guanidine groups is 2. The normalized spacial score (nSPS) is 15.4. The van der Waals surface area contributed by atoms with Crippen LogP contribution in [0, 0.1) is 0 Å². The molecule has 2 aromatic rings. The number of hydrogen-bond donors (Lipinski definition) is 4. The molecule has 3 rings (SSSR count). The summed E-state index contributed by atoms with van der Waals surface area (Å²) in [5.74, 6) is 1.27. The Hall–Kier alpha value is -2.44. The van der Waals surface area contributed by atoms with Gasteiger partial charge in [0, 0.05) is 43.6 Å². The third-order valence-electron chi connectivity index (χ3n) is 4.73. The van der Waals surface area contributed by atoms with Crippen molar-refractivity contribution in [2.24, 2.45) is 21.5 Å². The van der Waals surface area contributed by atoms with Gasteiger partial charge < -0.3 is 21.5 Å². The zero-order chi connectivity index (χ0) is 26.2. The van der Waals surface area contributed by atoms with Crippen LogP contribution in [0.1, 0.15) is 5.69 Å². The highest BCUT2D eigenvalue weighted by atomic mass is 32.2. The molecule has 1 saturated heterocycles. The van der Waals surface area contributed by atoms with Crippen LogP contribution in [0.25, 0.3) is 0 Å². The Morgan fingerprint density at radius 2 is 1.94 bits per heavy atom. The maximum Gasteiger partial charge on any atom is 0.264 e. The van der Waals surface area contributed by atoms with Crippen LogP contribution in [-0.2, 0) is 30.5 Å². The van der Waals surface area contributed by atoms with Crippen molar-refractivity contribution in [1.82, 2.24) is 19.3 Å². The van der Waals surface area contributed by atoms with Gasteiger partial charge in [0.25, 0.3) is 10.0 Å². The van der Waals surface area contributed by atoms with Crippen molar-refractivity contribution in [3.05, 3.63) is 35.3 Å². The first kappa shape index (κ1) is 28.1. The van der Waals surface area contributed by atoms with Crippen molar-refractivity contribution in [2.45, 2.75) is 15.5 Å². The molecule has 0 radical (unpaired) electrons. The lowest BCUT2D eigenvalue weighted by Crippen LogP contribution is -2.42. The number of morpholine rings is 1. The third-order valence-corrected chi connectivity index (χ3v) is 9.74. The fraction of sp³-hybridized carbons (Fsp3) is 0.421. The first-order valence-corrected chi connectivity index (χ1v) is 15.6. The summed E-state index contributed by atoms with van der Waals surface area (Å²) in [4.78, 5) is 11.9. The van der Waals surface area contributed by atoms with Crippen LogP contribution in [0.15, 0.2) is 49.4 Å². The predicted molar refractivity (Wildman–Crippen MR) is 141 cm³/mol. The first-order valence-electron chi connectivity index (χ1n) is 10.6. The van der Waals surface area contributed by atoms with Gasteiger partial charge in [-0.05, 0) is 18.2 Å².